The molecule has 0 aliphatic carbocycles. The molecule has 0 saturated carbocycles. The summed E-state index contributed by atoms with van der Waals surface area (Å²) in [5.74, 6) is -0.805. The van der Waals surface area contributed by atoms with Gasteiger partial charge in [0, 0.05) is 12.8 Å². The van der Waals surface area contributed by atoms with Crippen molar-refractivity contribution in [1.29, 1.82) is 0 Å². The lowest BCUT2D eigenvalue weighted by Crippen LogP contribution is -2.70. The molecule has 0 bridgehead atoms. The van der Waals surface area contributed by atoms with Gasteiger partial charge in [0.25, 0.3) is 11.0 Å². The Hall–Kier alpha value is 0.150. The Kier molecular flexibility index (Phi) is 16.3. The molecule has 0 rings (SSSR count). The number of carbonyl (C=O) groups is 1. The summed E-state index contributed by atoms with van der Waals surface area (Å²) in [7, 11) is -55.0. The minimum Gasteiger partial charge on any atom is -0.477 e. The van der Waals surface area contributed by atoms with Crippen molar-refractivity contribution in [2.75, 3.05) is 13.1 Å². The molecule has 49 heavy (non-hydrogen) atoms. The summed E-state index contributed by atoms with van der Waals surface area (Å²) in [5, 5.41) is 10.1. The minimum absolute atomic E-state index is 0.597. The standard InChI is InChI=1S/C13H32N2O26P8/c1-2-3-4-5-8(9(16)17)15(12(46(30,31)32)47(33,34)35,13(48(36,37)38)49(39,40)41)7-6-14(10(42(18,19)20)43(21,22)23)11(44(24,25)26)45(27,28)29/h1,8,10-13H,3-7H2,(H16-,16,17,18,19,20,21,22,23,24,25,26,27,28,29,30,31,32,33,34,35,36,37,38,39,40,41)/p+1. The van der Waals surface area contributed by atoms with E-state index in [1.54, 1.807) is 0 Å². The molecule has 0 amide bonds. The number of nitrogens with zero attached hydrogens (tertiary/aromatic N) is 2. The maximum absolute atomic E-state index is 12.7. The van der Waals surface area contributed by atoms with Crippen molar-refractivity contribution in [3.05, 3.63) is 0 Å². The van der Waals surface area contributed by atoms with Crippen molar-refractivity contribution < 1.29 is 129 Å². The van der Waals surface area contributed by atoms with Crippen LogP contribution in [0.1, 0.15) is 19.3 Å². The Labute approximate surface area is 273 Å². The van der Waals surface area contributed by atoms with E-state index in [2.05, 4.69) is 0 Å². The van der Waals surface area contributed by atoms with Gasteiger partial charge >= 0.3 is 66.7 Å². The van der Waals surface area contributed by atoms with Gasteiger partial charge in [-0.05, 0) is 6.42 Å². The van der Waals surface area contributed by atoms with E-state index in [4.69, 9.17) is 6.42 Å². The van der Waals surface area contributed by atoms with Crippen LogP contribution in [-0.4, -0.2) is 140 Å². The second-order valence-electron chi connectivity index (χ2n) is 10.0. The van der Waals surface area contributed by atoms with Crippen molar-refractivity contribution in [3.63, 3.8) is 0 Å². The first-order valence-corrected chi connectivity index (χ1v) is 25.4. The molecule has 0 spiro atoms. The Morgan fingerprint density at radius 1 is 0.571 bits per heavy atom. The summed E-state index contributed by atoms with van der Waals surface area (Å²) in [6.07, 6.45) is 2.20. The van der Waals surface area contributed by atoms with Crippen LogP contribution in [0, 0.1) is 12.3 Å². The molecular formula is C13H33N2O26P8+. The van der Waals surface area contributed by atoms with Gasteiger partial charge in [0.15, 0.2) is 6.04 Å². The lowest BCUT2D eigenvalue weighted by atomic mass is 10.1. The quantitative estimate of drug-likeness (QED) is 0.0249. The first-order chi connectivity index (χ1) is 21.2. The number of unbranched alkanes of at least 4 members (excludes halogenated alkanes) is 1. The highest BCUT2D eigenvalue weighted by Gasteiger charge is 2.73. The zero-order chi connectivity index (χ0) is 39.8. The molecule has 290 valence electrons. The van der Waals surface area contributed by atoms with Crippen molar-refractivity contribution in [3.8, 4) is 12.3 Å². The Morgan fingerprint density at radius 3 is 1.06 bits per heavy atom. The topological polar surface area (TPSA) is 501 Å². The first kappa shape index (κ1) is 49.1. The van der Waals surface area contributed by atoms with Gasteiger partial charge in [0.2, 0.25) is 11.0 Å². The number of terminal acetylenes is 1. The second kappa shape index (κ2) is 16.3. The van der Waals surface area contributed by atoms with E-state index in [0.29, 0.717) is 0 Å². The van der Waals surface area contributed by atoms with E-state index in [0.717, 1.165) is 0 Å². The van der Waals surface area contributed by atoms with Crippen LogP contribution in [0.25, 0.3) is 0 Å². The second-order valence-corrected chi connectivity index (χ2v) is 25.0. The predicted molar refractivity (Wildman–Crippen MR) is 157 cm³/mol. The third-order valence-corrected chi connectivity index (χ3v) is 21.2. The van der Waals surface area contributed by atoms with Crippen molar-refractivity contribution in [2.24, 2.45) is 0 Å². The highest BCUT2D eigenvalue weighted by Crippen LogP contribution is 2.74. The highest BCUT2D eigenvalue weighted by atomic mass is 31.3. The van der Waals surface area contributed by atoms with Crippen LogP contribution < -0.4 is 0 Å². The van der Waals surface area contributed by atoms with E-state index in [-0.39, 0.29) is 0 Å². The van der Waals surface area contributed by atoms with E-state index < -0.39 is 137 Å². The van der Waals surface area contributed by atoms with Gasteiger partial charge in [-0.1, -0.05) is 0 Å². The summed E-state index contributed by atoms with van der Waals surface area (Å²) >= 11 is 0. The number of carboxylic acid groups (broad SMARTS) is 1. The van der Waals surface area contributed by atoms with E-state index in [9.17, 15) is 125 Å². The largest absolute Gasteiger partial charge is 0.477 e. The van der Waals surface area contributed by atoms with Crippen molar-refractivity contribution in [2.45, 2.75) is 47.4 Å². The van der Waals surface area contributed by atoms with Gasteiger partial charge in [-0.2, -0.15) is 0 Å². The van der Waals surface area contributed by atoms with Crippen LogP contribution in [0.4, 0.5) is 0 Å². The van der Waals surface area contributed by atoms with E-state index in [1.165, 1.54) is 0 Å². The Morgan fingerprint density at radius 2 is 0.857 bits per heavy atom. The van der Waals surface area contributed by atoms with Crippen LogP contribution in [0.15, 0.2) is 0 Å². The average molecular weight is 881 g/mol. The third-order valence-electron chi connectivity index (χ3n) is 6.27. The fourth-order valence-corrected chi connectivity index (χ4v) is 18.6. The summed E-state index contributed by atoms with van der Waals surface area (Å²) in [5.41, 5.74) is -17.1. The maximum atomic E-state index is 12.7. The van der Waals surface area contributed by atoms with Gasteiger partial charge in [-0.15, -0.1) is 12.3 Å². The molecule has 17 N–H and O–H groups in total. The number of hydrogen-bond acceptors (Lipinski definition) is 10. The Bertz CT molecular complexity index is 1460. The van der Waals surface area contributed by atoms with Gasteiger partial charge in [0.05, 0.1) is 13.1 Å². The lowest BCUT2D eigenvalue weighted by Gasteiger charge is -2.52. The number of rotatable bonds is 20. The molecule has 0 aromatic carbocycles. The summed E-state index contributed by atoms with van der Waals surface area (Å²) in [6, 6.07) is -3.35. The van der Waals surface area contributed by atoms with Crippen LogP contribution >= 0.6 is 60.8 Å². The first-order valence-electron chi connectivity index (χ1n) is 11.9. The SMILES string of the molecule is C#CCCCC(C(=O)O)[N+](CCN(C(P(=O)(O)O)P(=O)(O)O)C(P(=O)(O)O)P(=O)(O)O)(C(P(=O)(O)O)P(=O)(O)O)C(P(=O)(O)O)P(=O)(O)O. The molecule has 0 radical (unpaired) electrons. The molecule has 0 aliphatic rings. The zero-order valence-corrected chi connectivity index (χ0v) is 30.9. The third kappa shape index (κ3) is 12.9. The molecule has 28 nitrogen and oxygen atoms in total. The van der Waals surface area contributed by atoms with E-state index >= 15 is 0 Å². The lowest BCUT2D eigenvalue weighted by molar-refractivity contribution is -0.945. The van der Waals surface area contributed by atoms with Crippen LogP contribution in [0.3, 0.4) is 0 Å². The van der Waals surface area contributed by atoms with Crippen LogP contribution in [0.2, 0.25) is 0 Å². The van der Waals surface area contributed by atoms with Crippen molar-refractivity contribution >= 4 is 66.7 Å². The minimum atomic E-state index is -7.00. The number of quaternary nitrogens is 1. The maximum Gasteiger partial charge on any atom is 0.395 e. The zero-order valence-electron chi connectivity index (χ0n) is 23.7. The number of aliphatic carboxylic acids is 1. The van der Waals surface area contributed by atoms with Gasteiger partial charge < -0.3 is 83.4 Å². The fraction of sp³-hybridized carbons (Fsp3) is 0.769. The summed E-state index contributed by atoms with van der Waals surface area (Å²) in [6.45, 7) is -5.13. The van der Waals surface area contributed by atoms with Gasteiger partial charge in [-0.25, -0.2) is 9.69 Å². The Balaban J connectivity index is 9.07. The van der Waals surface area contributed by atoms with Gasteiger partial charge in [-0.3, -0.25) is 41.0 Å². The van der Waals surface area contributed by atoms with Crippen molar-refractivity contribution in [1.82, 2.24) is 4.90 Å². The highest BCUT2D eigenvalue weighted by molar-refractivity contribution is 7.73. The van der Waals surface area contributed by atoms with Crippen LogP contribution in [0.5, 0.6) is 0 Å². The molecule has 36 heteroatoms. The molecule has 0 heterocycles. The molecule has 0 saturated heterocycles. The van der Waals surface area contributed by atoms with Gasteiger partial charge in [0.1, 0.15) is 0 Å². The molecule has 0 fully saturated rings. The molecule has 0 aromatic rings. The molecule has 1 atom stereocenters. The number of hydrogen-bond donors (Lipinski definition) is 17. The molecule has 0 aliphatic heterocycles. The van der Waals surface area contributed by atoms with E-state index in [1.807, 2.05) is 5.92 Å². The molecule has 0 aromatic heterocycles. The smallest absolute Gasteiger partial charge is 0.395 e. The average Bonchev–Trinajstić information content (AvgIpc) is 2.71. The molecular weight excluding hydrogens is 848 g/mol. The molecule has 1 unspecified atom stereocenters. The monoisotopic (exact) mass is 881 g/mol. The summed E-state index contributed by atoms with van der Waals surface area (Å²) < 4.78 is 96.4. The summed E-state index contributed by atoms with van der Waals surface area (Å²) in [4.78, 5) is 170. The normalized spacial score (nSPS) is 15.8. The number of carboxylic acids is 1. The fourth-order valence-electron chi connectivity index (χ4n) is 5.11. The predicted octanol–water partition coefficient (Wildman–Crippen LogP) is -3.08. The van der Waals surface area contributed by atoms with Crippen LogP contribution in [-0.2, 0) is 41.3 Å².